The average molecular weight is 417 g/mol. The van der Waals surface area contributed by atoms with Gasteiger partial charge < -0.3 is 14.9 Å². The number of hydroxylamine groups is 2. The monoisotopic (exact) mass is 417 g/mol. The highest BCUT2D eigenvalue weighted by molar-refractivity contribution is 7.89. The number of sulfonamides is 1. The van der Waals surface area contributed by atoms with Crippen molar-refractivity contribution in [2.45, 2.75) is 11.4 Å². The van der Waals surface area contributed by atoms with E-state index in [2.05, 4.69) is 0 Å². The second-order valence-corrected chi connectivity index (χ2v) is 7.65. The fourth-order valence-electron chi connectivity index (χ4n) is 2.83. The minimum absolute atomic E-state index is 0.119. The number of hydrogen-bond acceptors (Lipinski definition) is 6. The van der Waals surface area contributed by atoms with Crippen LogP contribution in [0.3, 0.4) is 0 Å². The van der Waals surface area contributed by atoms with E-state index in [1.807, 2.05) is 0 Å². The fourth-order valence-corrected chi connectivity index (χ4v) is 3.57. The van der Waals surface area contributed by atoms with Crippen LogP contribution in [-0.2, 0) is 16.6 Å². The second-order valence-electron chi connectivity index (χ2n) is 6.12. The number of primary sulfonamides is 1. The van der Waals surface area contributed by atoms with E-state index in [0.29, 0.717) is 16.9 Å². The number of furan rings is 1. The first kappa shape index (κ1) is 20.4. The highest BCUT2D eigenvalue weighted by atomic mass is 32.2. The Kier molecular flexibility index (Phi) is 5.59. The van der Waals surface area contributed by atoms with Gasteiger partial charge in [-0.15, -0.1) is 0 Å². The van der Waals surface area contributed by atoms with Crippen molar-refractivity contribution < 1.29 is 27.6 Å². The van der Waals surface area contributed by atoms with Crippen molar-refractivity contribution in [3.63, 3.8) is 0 Å². The summed E-state index contributed by atoms with van der Waals surface area (Å²) in [5, 5.41) is 15.3. The molecule has 10 heteroatoms. The first-order chi connectivity index (χ1) is 13.7. The second kappa shape index (κ2) is 7.95. The number of rotatable bonds is 6. The van der Waals surface area contributed by atoms with E-state index in [1.165, 1.54) is 6.07 Å². The zero-order chi connectivity index (χ0) is 21.2. The van der Waals surface area contributed by atoms with E-state index in [9.17, 15) is 18.4 Å². The Morgan fingerprint density at radius 3 is 2.38 bits per heavy atom. The molecule has 1 aromatic heterocycles. The van der Waals surface area contributed by atoms with E-state index in [4.69, 9.17) is 20.0 Å². The van der Waals surface area contributed by atoms with E-state index in [0.717, 1.165) is 0 Å². The van der Waals surface area contributed by atoms with Crippen LogP contribution in [0.1, 0.15) is 5.76 Å². The van der Waals surface area contributed by atoms with Crippen LogP contribution >= 0.6 is 0 Å². The summed E-state index contributed by atoms with van der Waals surface area (Å²) in [5.41, 5.74) is 6.53. The summed E-state index contributed by atoms with van der Waals surface area (Å²) in [5.74, 6) is 1.04. The van der Waals surface area contributed by atoms with Gasteiger partial charge in [0.15, 0.2) is 0 Å². The van der Waals surface area contributed by atoms with Gasteiger partial charge in [0.2, 0.25) is 10.0 Å². The lowest BCUT2D eigenvalue weighted by atomic mass is 10.0. The minimum atomic E-state index is -4.03. The fraction of sp³-hybridized carbons (Fsp3) is 0.105. The van der Waals surface area contributed by atoms with Crippen LogP contribution in [0.25, 0.3) is 22.5 Å². The molecule has 0 fully saturated rings. The summed E-state index contributed by atoms with van der Waals surface area (Å²) in [4.78, 5) is 11.0. The average Bonchev–Trinajstić information content (AvgIpc) is 3.11. The molecule has 2 amide bonds. The topological polar surface area (TPSA) is 149 Å². The van der Waals surface area contributed by atoms with Gasteiger partial charge in [0.1, 0.15) is 23.8 Å². The first-order valence-electron chi connectivity index (χ1n) is 8.36. The molecular formula is C19H19N3O6S. The molecule has 0 aliphatic heterocycles. The quantitative estimate of drug-likeness (QED) is 0.414. The molecule has 0 aliphatic carbocycles. The Balaban J connectivity index is 2.19. The molecule has 0 saturated carbocycles. The Morgan fingerprint density at radius 2 is 1.79 bits per heavy atom. The number of urea groups is 1. The number of primary amides is 1. The summed E-state index contributed by atoms with van der Waals surface area (Å²) in [7, 11) is -2.49. The van der Waals surface area contributed by atoms with Crippen LogP contribution in [-0.4, -0.2) is 31.8 Å². The zero-order valence-corrected chi connectivity index (χ0v) is 16.2. The highest BCUT2D eigenvalue weighted by Gasteiger charge is 2.23. The van der Waals surface area contributed by atoms with Crippen molar-refractivity contribution in [2.24, 2.45) is 10.9 Å². The van der Waals surface area contributed by atoms with Gasteiger partial charge in [-0.2, -0.15) is 5.06 Å². The lowest BCUT2D eigenvalue weighted by molar-refractivity contribution is -0.0511. The Morgan fingerprint density at radius 1 is 1.14 bits per heavy atom. The number of ether oxygens (including phenoxy) is 1. The summed E-state index contributed by atoms with van der Waals surface area (Å²) in [6.45, 7) is -0.323. The molecule has 0 bridgehead atoms. The summed E-state index contributed by atoms with van der Waals surface area (Å²) < 4.78 is 35.1. The molecule has 0 saturated heterocycles. The van der Waals surface area contributed by atoms with Crippen molar-refractivity contribution >= 4 is 16.1 Å². The van der Waals surface area contributed by atoms with Gasteiger partial charge in [-0.3, -0.25) is 5.21 Å². The van der Waals surface area contributed by atoms with Crippen molar-refractivity contribution in [2.75, 3.05) is 7.11 Å². The van der Waals surface area contributed by atoms with Crippen molar-refractivity contribution in [3.8, 4) is 28.2 Å². The van der Waals surface area contributed by atoms with Crippen LogP contribution in [0.15, 0.2) is 63.9 Å². The van der Waals surface area contributed by atoms with Gasteiger partial charge in [0, 0.05) is 11.1 Å². The van der Waals surface area contributed by atoms with Crippen LogP contribution in [0.4, 0.5) is 4.79 Å². The van der Waals surface area contributed by atoms with E-state index >= 15 is 0 Å². The third-order valence-electron chi connectivity index (χ3n) is 4.18. The molecule has 9 nitrogen and oxygen atoms in total. The smallest absolute Gasteiger partial charge is 0.338 e. The van der Waals surface area contributed by atoms with Gasteiger partial charge in [-0.25, -0.2) is 18.4 Å². The molecule has 0 aliphatic rings. The van der Waals surface area contributed by atoms with E-state index < -0.39 is 16.1 Å². The number of nitrogens with zero attached hydrogens (tertiary/aromatic N) is 1. The summed E-state index contributed by atoms with van der Waals surface area (Å²) >= 11 is 0. The Labute approximate surface area is 167 Å². The van der Waals surface area contributed by atoms with Crippen molar-refractivity contribution in [3.05, 3.63) is 60.4 Å². The van der Waals surface area contributed by atoms with Gasteiger partial charge in [0.25, 0.3) is 0 Å². The number of amides is 2. The third-order valence-corrected chi connectivity index (χ3v) is 5.15. The molecule has 5 N–H and O–H groups in total. The Hall–Kier alpha value is -3.34. The largest absolute Gasteiger partial charge is 0.497 e. The lowest BCUT2D eigenvalue weighted by Crippen LogP contribution is -2.31. The SMILES string of the molecule is COc1ccc(-c2cc(CN(O)C(N)=O)oc2-c2ccccc2S(N)(=O)=O)cc1. The molecule has 0 spiro atoms. The number of nitrogens with two attached hydrogens (primary N) is 2. The van der Waals surface area contributed by atoms with Gasteiger partial charge in [-0.1, -0.05) is 24.3 Å². The van der Waals surface area contributed by atoms with Crippen LogP contribution in [0.2, 0.25) is 0 Å². The number of carbonyl (C=O) groups is 1. The number of methoxy groups -OCH3 is 1. The molecule has 3 rings (SSSR count). The predicted octanol–water partition coefficient (Wildman–Crippen LogP) is 2.54. The number of hydrogen-bond donors (Lipinski definition) is 3. The van der Waals surface area contributed by atoms with Gasteiger partial charge in [0.05, 0.1) is 12.0 Å². The first-order valence-corrected chi connectivity index (χ1v) is 9.90. The summed E-state index contributed by atoms with van der Waals surface area (Å²) in [6, 6.07) is 13.6. The van der Waals surface area contributed by atoms with Crippen LogP contribution in [0.5, 0.6) is 5.75 Å². The normalized spacial score (nSPS) is 11.3. The van der Waals surface area contributed by atoms with Gasteiger partial charge in [-0.05, 0) is 35.9 Å². The van der Waals surface area contributed by atoms with Crippen LogP contribution in [0, 0.1) is 0 Å². The zero-order valence-electron chi connectivity index (χ0n) is 15.4. The standard InChI is InChI=1S/C19H19N3O6S/c1-27-13-8-6-12(7-9-13)16-10-14(11-22(24)19(20)23)28-18(16)15-4-2-3-5-17(15)29(21,25)26/h2-10,24H,11H2,1H3,(H2,20,23)(H2,21,25,26). The highest BCUT2D eigenvalue weighted by Crippen LogP contribution is 2.38. The van der Waals surface area contributed by atoms with E-state index in [-0.39, 0.29) is 33.6 Å². The maximum Gasteiger partial charge on any atom is 0.338 e. The van der Waals surface area contributed by atoms with Crippen molar-refractivity contribution in [1.82, 2.24) is 5.06 Å². The molecule has 152 valence electrons. The maximum atomic E-state index is 12.0. The van der Waals surface area contributed by atoms with E-state index in [1.54, 1.807) is 55.6 Å². The molecule has 2 aromatic carbocycles. The van der Waals surface area contributed by atoms with Crippen LogP contribution < -0.4 is 15.6 Å². The molecule has 0 atom stereocenters. The number of benzene rings is 2. The minimum Gasteiger partial charge on any atom is -0.497 e. The van der Waals surface area contributed by atoms with Gasteiger partial charge >= 0.3 is 6.03 Å². The maximum absolute atomic E-state index is 12.0. The third kappa shape index (κ3) is 4.40. The predicted molar refractivity (Wildman–Crippen MR) is 104 cm³/mol. The molecule has 1 heterocycles. The van der Waals surface area contributed by atoms with Crippen molar-refractivity contribution in [1.29, 1.82) is 0 Å². The lowest BCUT2D eigenvalue weighted by Gasteiger charge is -2.09. The Bertz CT molecular complexity index is 1140. The molecule has 29 heavy (non-hydrogen) atoms. The molecule has 3 aromatic rings. The molecule has 0 radical (unpaired) electrons. The molecular weight excluding hydrogens is 398 g/mol. The molecule has 0 unspecified atom stereocenters. The summed E-state index contributed by atoms with van der Waals surface area (Å²) in [6.07, 6.45) is 0. The number of carbonyl (C=O) groups excluding carboxylic acids is 1.